The van der Waals surface area contributed by atoms with Gasteiger partial charge in [0.15, 0.2) is 8.07 Å². The van der Waals surface area contributed by atoms with Gasteiger partial charge in [-0.3, -0.25) is 0 Å². The van der Waals surface area contributed by atoms with Crippen LogP contribution in [0.25, 0.3) is 0 Å². The van der Waals surface area contributed by atoms with Crippen molar-refractivity contribution in [1.82, 2.24) is 0 Å². The number of hydrogen-bond donors (Lipinski definition) is 0. The Labute approximate surface area is 141 Å². The maximum Gasteiger partial charge on any atom is 0.165 e. The Hall–Kier alpha value is -2.38. The summed E-state index contributed by atoms with van der Waals surface area (Å²) in [7, 11) is -2.09. The summed E-state index contributed by atoms with van der Waals surface area (Å²) in [5, 5.41) is 2.79. The standard InChI is InChI=1S/C22H24Si/c1-3-5-13-19-23(20-14-6-4-2,21-15-9-7-10-16-21)22-17-11-8-12-18-22/h3-20H,1-2H3. The van der Waals surface area contributed by atoms with Gasteiger partial charge in [-0.1, -0.05) is 109 Å². The largest absolute Gasteiger partial charge is 0.165 e. The van der Waals surface area contributed by atoms with E-state index in [-0.39, 0.29) is 0 Å². The van der Waals surface area contributed by atoms with Crippen LogP contribution >= 0.6 is 0 Å². The molecule has 2 rings (SSSR count). The first-order valence-electron chi connectivity index (χ1n) is 8.05. The van der Waals surface area contributed by atoms with Crippen LogP contribution in [0.2, 0.25) is 0 Å². The van der Waals surface area contributed by atoms with E-state index in [4.69, 9.17) is 0 Å². The minimum atomic E-state index is -2.09. The molecule has 0 aliphatic rings. The molecular formula is C22H24Si. The molecular weight excluding hydrogens is 292 g/mol. The lowest BCUT2D eigenvalue weighted by Crippen LogP contribution is -2.55. The van der Waals surface area contributed by atoms with E-state index < -0.39 is 8.07 Å². The Kier molecular flexibility index (Phi) is 6.58. The molecule has 0 saturated carbocycles. The predicted molar refractivity (Wildman–Crippen MR) is 106 cm³/mol. The molecule has 116 valence electrons. The van der Waals surface area contributed by atoms with Gasteiger partial charge < -0.3 is 0 Å². The van der Waals surface area contributed by atoms with E-state index in [1.54, 1.807) is 0 Å². The van der Waals surface area contributed by atoms with Crippen LogP contribution in [-0.2, 0) is 0 Å². The molecule has 0 unspecified atom stereocenters. The third-order valence-electron chi connectivity index (χ3n) is 3.83. The predicted octanol–water partition coefficient (Wildman–Crippen LogP) is 4.59. The van der Waals surface area contributed by atoms with Crippen LogP contribution in [0.15, 0.2) is 109 Å². The second-order valence-corrected chi connectivity index (χ2v) is 8.93. The monoisotopic (exact) mass is 316 g/mol. The van der Waals surface area contributed by atoms with Gasteiger partial charge >= 0.3 is 0 Å². The minimum absolute atomic E-state index is 1.40. The van der Waals surface area contributed by atoms with Gasteiger partial charge in [-0.25, -0.2) is 0 Å². The zero-order chi connectivity index (χ0) is 16.4. The molecule has 0 nitrogen and oxygen atoms in total. The molecule has 0 bridgehead atoms. The molecule has 0 saturated heterocycles. The van der Waals surface area contributed by atoms with E-state index in [9.17, 15) is 0 Å². The molecule has 0 atom stereocenters. The topological polar surface area (TPSA) is 0 Å². The average Bonchev–Trinajstić information content (AvgIpc) is 2.62. The van der Waals surface area contributed by atoms with E-state index in [0.717, 1.165) is 0 Å². The van der Waals surface area contributed by atoms with Crippen LogP contribution < -0.4 is 10.4 Å². The number of rotatable bonds is 6. The maximum absolute atomic E-state index is 2.40. The molecule has 0 heterocycles. The molecule has 0 fully saturated rings. The molecule has 0 aromatic heterocycles. The molecule has 0 spiro atoms. The van der Waals surface area contributed by atoms with E-state index in [1.165, 1.54) is 10.4 Å². The molecule has 1 heteroatoms. The second-order valence-electron chi connectivity index (χ2n) is 5.37. The Morgan fingerprint density at radius 2 is 0.957 bits per heavy atom. The van der Waals surface area contributed by atoms with Crippen molar-refractivity contribution in [3.05, 3.63) is 109 Å². The van der Waals surface area contributed by atoms with Crippen molar-refractivity contribution in [2.45, 2.75) is 13.8 Å². The van der Waals surface area contributed by atoms with Crippen LogP contribution in [0.1, 0.15) is 13.8 Å². The summed E-state index contributed by atoms with van der Waals surface area (Å²) < 4.78 is 0. The zero-order valence-corrected chi connectivity index (χ0v) is 14.9. The molecule has 0 radical (unpaired) electrons. The lowest BCUT2D eigenvalue weighted by Gasteiger charge is -2.26. The summed E-state index contributed by atoms with van der Waals surface area (Å²) >= 11 is 0. The summed E-state index contributed by atoms with van der Waals surface area (Å²) in [5.74, 6) is 0. The van der Waals surface area contributed by atoms with Gasteiger partial charge in [-0.15, -0.1) is 0 Å². The van der Waals surface area contributed by atoms with Crippen LogP contribution in [-0.4, -0.2) is 8.07 Å². The van der Waals surface area contributed by atoms with Crippen molar-refractivity contribution < 1.29 is 0 Å². The smallest absolute Gasteiger partial charge is 0.0877 e. The average molecular weight is 317 g/mol. The molecule has 0 aliphatic carbocycles. The van der Waals surface area contributed by atoms with Crippen molar-refractivity contribution in [3.8, 4) is 0 Å². The fourth-order valence-electron chi connectivity index (χ4n) is 2.67. The van der Waals surface area contributed by atoms with Gasteiger partial charge in [0.1, 0.15) is 0 Å². The summed E-state index contributed by atoms with van der Waals surface area (Å²) in [6.45, 7) is 4.10. The molecule has 0 N–H and O–H groups in total. The zero-order valence-electron chi connectivity index (χ0n) is 13.9. The molecule has 2 aromatic carbocycles. The fourth-order valence-corrected chi connectivity index (χ4v) is 6.20. The normalized spacial score (nSPS) is 13.0. The van der Waals surface area contributed by atoms with Crippen molar-refractivity contribution in [3.63, 3.8) is 0 Å². The van der Waals surface area contributed by atoms with Crippen molar-refractivity contribution in [2.24, 2.45) is 0 Å². The van der Waals surface area contributed by atoms with E-state index in [0.29, 0.717) is 0 Å². The van der Waals surface area contributed by atoms with Gasteiger partial charge in [-0.2, -0.15) is 0 Å². The van der Waals surface area contributed by atoms with Gasteiger partial charge in [-0.05, 0) is 24.2 Å². The Morgan fingerprint density at radius 3 is 1.30 bits per heavy atom. The summed E-state index contributed by atoms with van der Waals surface area (Å²) in [6.07, 6.45) is 12.7. The highest BCUT2D eigenvalue weighted by Crippen LogP contribution is 2.11. The third-order valence-corrected chi connectivity index (χ3v) is 7.84. The molecule has 23 heavy (non-hydrogen) atoms. The number of benzene rings is 2. The Morgan fingerprint density at radius 1 is 0.565 bits per heavy atom. The lowest BCUT2D eigenvalue weighted by atomic mass is 10.4. The Balaban J connectivity index is 2.67. The number of allylic oxidation sites excluding steroid dienone is 6. The quantitative estimate of drug-likeness (QED) is 0.540. The molecule has 0 aliphatic heterocycles. The summed E-state index contributed by atoms with van der Waals surface area (Å²) in [4.78, 5) is 0. The number of hydrogen-bond acceptors (Lipinski definition) is 0. The van der Waals surface area contributed by atoms with E-state index >= 15 is 0 Å². The maximum atomic E-state index is 2.40. The highest BCUT2D eigenvalue weighted by molar-refractivity contribution is 7.09. The van der Waals surface area contributed by atoms with Crippen LogP contribution in [0.5, 0.6) is 0 Å². The van der Waals surface area contributed by atoms with E-state index in [2.05, 4.69) is 109 Å². The van der Waals surface area contributed by atoms with Crippen molar-refractivity contribution >= 4 is 18.4 Å². The van der Waals surface area contributed by atoms with Crippen molar-refractivity contribution in [1.29, 1.82) is 0 Å². The van der Waals surface area contributed by atoms with Gasteiger partial charge in [0, 0.05) is 0 Å². The SMILES string of the molecule is CC=CC=C[Si](C=CC=CC)(c1ccccc1)c1ccccc1. The van der Waals surface area contributed by atoms with Gasteiger partial charge in [0.05, 0.1) is 0 Å². The summed E-state index contributed by atoms with van der Waals surface area (Å²) in [6, 6.07) is 21.7. The Bertz CT molecular complexity index is 628. The van der Waals surface area contributed by atoms with Crippen molar-refractivity contribution in [2.75, 3.05) is 0 Å². The third kappa shape index (κ3) is 4.30. The van der Waals surface area contributed by atoms with E-state index in [1.807, 2.05) is 13.8 Å². The first-order valence-corrected chi connectivity index (χ1v) is 10.2. The highest BCUT2D eigenvalue weighted by atomic mass is 28.3. The molecule has 0 amide bonds. The van der Waals surface area contributed by atoms with Crippen LogP contribution in [0, 0.1) is 0 Å². The van der Waals surface area contributed by atoms with Crippen LogP contribution in [0.4, 0.5) is 0 Å². The lowest BCUT2D eigenvalue weighted by molar-refractivity contribution is 1.69. The highest BCUT2D eigenvalue weighted by Gasteiger charge is 2.31. The first kappa shape index (κ1) is 17.0. The molecule has 2 aromatic rings. The minimum Gasteiger partial charge on any atom is -0.0877 e. The summed E-state index contributed by atoms with van der Waals surface area (Å²) in [5.41, 5.74) is 4.80. The van der Waals surface area contributed by atoms with Crippen LogP contribution in [0.3, 0.4) is 0 Å². The second kappa shape index (κ2) is 8.91. The van der Waals surface area contributed by atoms with Gasteiger partial charge in [0.25, 0.3) is 0 Å². The first-order chi connectivity index (χ1) is 11.3. The fraction of sp³-hybridized carbons (Fsp3) is 0.0909. The van der Waals surface area contributed by atoms with Gasteiger partial charge in [0.2, 0.25) is 0 Å².